The number of ether oxygens (including phenoxy) is 1. The van der Waals surface area contributed by atoms with Crippen LogP contribution in [0.1, 0.15) is 6.92 Å². The summed E-state index contributed by atoms with van der Waals surface area (Å²) in [6.07, 6.45) is 0. The van der Waals surface area contributed by atoms with Gasteiger partial charge in [-0.2, -0.15) is 0 Å². The van der Waals surface area contributed by atoms with Gasteiger partial charge in [0.25, 0.3) is 0 Å². The highest BCUT2D eigenvalue weighted by atomic mass is 79.9. The summed E-state index contributed by atoms with van der Waals surface area (Å²) >= 11 is 0. The average Bonchev–Trinajstić information content (AvgIpc) is 1.82. The second-order valence-corrected chi connectivity index (χ2v) is 1.70. The van der Waals surface area contributed by atoms with Crippen LogP contribution in [0.2, 0.25) is 0 Å². The SMILES string of the molecule is Br.C=C(C)C(=O)OCCN. The average molecular weight is 210 g/mol. The second-order valence-electron chi connectivity index (χ2n) is 1.70. The van der Waals surface area contributed by atoms with Crippen molar-refractivity contribution < 1.29 is 9.53 Å². The molecule has 10 heavy (non-hydrogen) atoms. The molecular formula is C6H12BrNO2. The lowest BCUT2D eigenvalue weighted by atomic mass is 10.4. The van der Waals surface area contributed by atoms with Crippen LogP contribution < -0.4 is 5.73 Å². The van der Waals surface area contributed by atoms with Crippen LogP contribution >= 0.6 is 17.0 Å². The Morgan fingerprint density at radius 2 is 2.20 bits per heavy atom. The van der Waals surface area contributed by atoms with E-state index in [0.717, 1.165) is 0 Å². The molecule has 60 valence electrons. The molecule has 0 saturated carbocycles. The summed E-state index contributed by atoms with van der Waals surface area (Å²) in [6, 6.07) is 0. The maximum atomic E-state index is 10.5. The first-order valence-electron chi connectivity index (χ1n) is 2.71. The molecule has 0 saturated heterocycles. The number of rotatable bonds is 3. The van der Waals surface area contributed by atoms with Crippen LogP contribution in [0.15, 0.2) is 12.2 Å². The molecule has 0 rings (SSSR count). The van der Waals surface area contributed by atoms with Crippen LogP contribution in [0.4, 0.5) is 0 Å². The third-order valence-corrected chi connectivity index (χ3v) is 0.699. The molecule has 4 heteroatoms. The molecule has 0 spiro atoms. The van der Waals surface area contributed by atoms with Crippen molar-refractivity contribution in [1.82, 2.24) is 0 Å². The fraction of sp³-hybridized carbons (Fsp3) is 0.500. The van der Waals surface area contributed by atoms with Crippen molar-refractivity contribution in [3.8, 4) is 0 Å². The highest BCUT2D eigenvalue weighted by Gasteiger charge is 1.99. The van der Waals surface area contributed by atoms with Crippen molar-refractivity contribution in [2.75, 3.05) is 13.2 Å². The molecule has 0 aliphatic rings. The summed E-state index contributed by atoms with van der Waals surface area (Å²) < 4.78 is 4.59. The highest BCUT2D eigenvalue weighted by molar-refractivity contribution is 8.93. The zero-order valence-electron chi connectivity index (χ0n) is 5.92. The lowest BCUT2D eigenvalue weighted by Gasteiger charge is -1.99. The Bertz CT molecular complexity index is 125. The number of hydrogen-bond donors (Lipinski definition) is 1. The fourth-order valence-electron chi connectivity index (χ4n) is 0.275. The first-order chi connectivity index (χ1) is 4.18. The molecule has 0 aliphatic heterocycles. The topological polar surface area (TPSA) is 52.3 Å². The van der Waals surface area contributed by atoms with Crippen LogP contribution in [0.3, 0.4) is 0 Å². The largest absolute Gasteiger partial charge is 0.461 e. The van der Waals surface area contributed by atoms with E-state index in [0.29, 0.717) is 12.1 Å². The summed E-state index contributed by atoms with van der Waals surface area (Å²) in [5.41, 5.74) is 5.48. The number of hydrogen-bond acceptors (Lipinski definition) is 3. The minimum absolute atomic E-state index is 0. The van der Waals surface area contributed by atoms with E-state index in [-0.39, 0.29) is 29.6 Å². The Morgan fingerprint density at radius 3 is 2.50 bits per heavy atom. The van der Waals surface area contributed by atoms with Gasteiger partial charge in [-0.15, -0.1) is 17.0 Å². The van der Waals surface area contributed by atoms with Gasteiger partial charge in [0, 0.05) is 12.1 Å². The molecule has 0 aliphatic carbocycles. The molecular weight excluding hydrogens is 198 g/mol. The number of carbonyl (C=O) groups excluding carboxylic acids is 1. The van der Waals surface area contributed by atoms with Crippen LogP contribution in [0, 0.1) is 0 Å². The van der Waals surface area contributed by atoms with E-state index in [1.54, 1.807) is 6.92 Å². The normalized spacial score (nSPS) is 7.80. The summed E-state index contributed by atoms with van der Waals surface area (Å²) in [4.78, 5) is 10.5. The van der Waals surface area contributed by atoms with Gasteiger partial charge in [-0.3, -0.25) is 0 Å². The van der Waals surface area contributed by atoms with Gasteiger partial charge in [0.15, 0.2) is 0 Å². The second kappa shape index (κ2) is 6.77. The number of carbonyl (C=O) groups is 1. The van der Waals surface area contributed by atoms with E-state index >= 15 is 0 Å². The molecule has 0 aromatic rings. The third kappa shape index (κ3) is 5.78. The van der Waals surface area contributed by atoms with Crippen molar-refractivity contribution in [3.63, 3.8) is 0 Å². The molecule has 2 N–H and O–H groups in total. The van der Waals surface area contributed by atoms with E-state index in [1.165, 1.54) is 0 Å². The number of nitrogens with two attached hydrogens (primary N) is 1. The summed E-state index contributed by atoms with van der Waals surface area (Å²) in [7, 11) is 0. The van der Waals surface area contributed by atoms with Gasteiger partial charge >= 0.3 is 5.97 Å². The van der Waals surface area contributed by atoms with E-state index in [9.17, 15) is 4.79 Å². The first-order valence-corrected chi connectivity index (χ1v) is 2.71. The Hall–Kier alpha value is -0.350. The lowest BCUT2D eigenvalue weighted by Crippen LogP contribution is -2.13. The molecule has 0 amide bonds. The molecule has 0 unspecified atom stereocenters. The molecule has 0 aromatic heterocycles. The van der Waals surface area contributed by atoms with E-state index in [2.05, 4.69) is 11.3 Å². The van der Waals surface area contributed by atoms with Crippen molar-refractivity contribution in [2.24, 2.45) is 5.73 Å². The number of esters is 1. The maximum Gasteiger partial charge on any atom is 0.333 e. The Kier molecular flexibility index (Phi) is 8.35. The van der Waals surface area contributed by atoms with Crippen LogP contribution in [0.25, 0.3) is 0 Å². The first kappa shape index (κ1) is 12.3. The maximum absolute atomic E-state index is 10.5. The Labute approximate surface area is 71.0 Å². The quantitative estimate of drug-likeness (QED) is 0.549. The van der Waals surface area contributed by atoms with E-state index in [1.807, 2.05) is 0 Å². The fourth-order valence-corrected chi connectivity index (χ4v) is 0.275. The molecule has 0 atom stereocenters. The molecule has 0 bridgehead atoms. The summed E-state index contributed by atoms with van der Waals surface area (Å²) in [5.74, 6) is -0.375. The van der Waals surface area contributed by atoms with Gasteiger partial charge in [-0.25, -0.2) is 4.79 Å². The minimum Gasteiger partial charge on any atom is -0.461 e. The molecule has 0 aromatic carbocycles. The van der Waals surface area contributed by atoms with Crippen LogP contribution in [-0.4, -0.2) is 19.1 Å². The molecule has 0 radical (unpaired) electrons. The van der Waals surface area contributed by atoms with Gasteiger partial charge in [0.05, 0.1) is 0 Å². The predicted octanol–water partition coefficient (Wildman–Crippen LogP) is 0.642. The van der Waals surface area contributed by atoms with Crippen molar-refractivity contribution in [1.29, 1.82) is 0 Å². The molecule has 0 heterocycles. The molecule has 3 nitrogen and oxygen atoms in total. The van der Waals surface area contributed by atoms with Gasteiger partial charge in [-0.05, 0) is 6.92 Å². The third-order valence-electron chi connectivity index (χ3n) is 0.699. The van der Waals surface area contributed by atoms with Crippen molar-refractivity contribution in [3.05, 3.63) is 12.2 Å². The summed E-state index contributed by atoms with van der Waals surface area (Å²) in [6.45, 7) is 5.62. The Morgan fingerprint density at radius 1 is 1.70 bits per heavy atom. The van der Waals surface area contributed by atoms with Crippen molar-refractivity contribution in [2.45, 2.75) is 6.92 Å². The van der Waals surface area contributed by atoms with Crippen LogP contribution in [-0.2, 0) is 9.53 Å². The van der Waals surface area contributed by atoms with E-state index in [4.69, 9.17) is 5.73 Å². The zero-order chi connectivity index (χ0) is 7.28. The van der Waals surface area contributed by atoms with Gasteiger partial charge in [0.2, 0.25) is 0 Å². The van der Waals surface area contributed by atoms with Gasteiger partial charge < -0.3 is 10.5 Å². The minimum atomic E-state index is -0.375. The zero-order valence-corrected chi connectivity index (χ0v) is 7.64. The van der Waals surface area contributed by atoms with Gasteiger partial charge in [-0.1, -0.05) is 6.58 Å². The number of halogens is 1. The lowest BCUT2D eigenvalue weighted by molar-refractivity contribution is -0.138. The smallest absolute Gasteiger partial charge is 0.333 e. The van der Waals surface area contributed by atoms with E-state index < -0.39 is 0 Å². The van der Waals surface area contributed by atoms with Crippen molar-refractivity contribution >= 4 is 23.0 Å². The van der Waals surface area contributed by atoms with Crippen LogP contribution in [0.5, 0.6) is 0 Å². The highest BCUT2D eigenvalue weighted by Crippen LogP contribution is 1.89. The monoisotopic (exact) mass is 209 g/mol. The standard InChI is InChI=1S/C6H11NO2.BrH/c1-5(2)6(8)9-4-3-7;/h1,3-4,7H2,2H3;1H. The molecule has 0 fully saturated rings. The summed E-state index contributed by atoms with van der Waals surface area (Å²) in [5, 5.41) is 0. The Balaban J connectivity index is 0. The van der Waals surface area contributed by atoms with Gasteiger partial charge in [0.1, 0.15) is 6.61 Å². The predicted molar refractivity (Wildman–Crippen MR) is 45.1 cm³/mol.